The van der Waals surface area contributed by atoms with Gasteiger partial charge in [0.1, 0.15) is 0 Å². The third kappa shape index (κ3) is 5.40. The molecule has 0 saturated heterocycles. The average molecular weight is 347 g/mol. The van der Waals surface area contributed by atoms with Crippen LogP contribution < -0.4 is 0 Å². The molecule has 2 aromatic rings. The lowest BCUT2D eigenvalue weighted by molar-refractivity contribution is 0.103. The van der Waals surface area contributed by atoms with Crippen LogP contribution in [0.25, 0.3) is 0 Å². The van der Waals surface area contributed by atoms with Crippen LogP contribution in [0, 0.1) is 0 Å². The van der Waals surface area contributed by atoms with E-state index in [0.717, 1.165) is 0 Å². The van der Waals surface area contributed by atoms with Crippen LogP contribution in [0.1, 0.15) is 20.7 Å². The first-order valence-corrected chi connectivity index (χ1v) is 7.40. The highest BCUT2D eigenvalue weighted by Crippen LogP contribution is 2.11. The number of hydrogen-bond acceptors (Lipinski definition) is 3. The number of ether oxygens (including phenoxy) is 1. The van der Waals surface area contributed by atoms with Gasteiger partial charge in [-0.25, -0.2) is 0 Å². The SMILES string of the molecule is O=C(/C=C/O/C=C/C(=O)c1ccc(Cl)cc1)c1ccc(Cl)cc1. The molecule has 0 aliphatic carbocycles. The maximum atomic E-state index is 11.8. The Morgan fingerprint density at radius 1 is 0.696 bits per heavy atom. The first kappa shape index (κ1) is 17.0. The Morgan fingerprint density at radius 2 is 1.04 bits per heavy atom. The second kappa shape index (κ2) is 8.32. The molecule has 0 fully saturated rings. The summed E-state index contributed by atoms with van der Waals surface area (Å²) in [4.78, 5) is 23.6. The minimum absolute atomic E-state index is 0.223. The van der Waals surface area contributed by atoms with E-state index in [0.29, 0.717) is 21.2 Å². The van der Waals surface area contributed by atoms with Crippen molar-refractivity contribution < 1.29 is 14.3 Å². The summed E-state index contributed by atoms with van der Waals surface area (Å²) >= 11 is 11.5. The second-order valence-electron chi connectivity index (χ2n) is 4.48. The van der Waals surface area contributed by atoms with Gasteiger partial charge in [-0.2, -0.15) is 0 Å². The van der Waals surface area contributed by atoms with Gasteiger partial charge < -0.3 is 4.74 Å². The molecule has 2 rings (SSSR count). The zero-order chi connectivity index (χ0) is 16.7. The number of rotatable bonds is 6. The van der Waals surface area contributed by atoms with E-state index in [1.54, 1.807) is 48.5 Å². The van der Waals surface area contributed by atoms with Crippen molar-refractivity contribution in [2.24, 2.45) is 0 Å². The van der Waals surface area contributed by atoms with E-state index in [9.17, 15) is 9.59 Å². The summed E-state index contributed by atoms with van der Waals surface area (Å²) in [7, 11) is 0. The smallest absolute Gasteiger partial charge is 0.188 e. The van der Waals surface area contributed by atoms with E-state index in [1.165, 1.54) is 24.7 Å². The largest absolute Gasteiger partial charge is 0.472 e. The lowest BCUT2D eigenvalue weighted by atomic mass is 10.1. The van der Waals surface area contributed by atoms with Crippen molar-refractivity contribution in [3.8, 4) is 0 Å². The summed E-state index contributed by atoms with van der Waals surface area (Å²) in [5.74, 6) is -0.446. The molecule has 0 N–H and O–H groups in total. The molecule has 0 aromatic heterocycles. The van der Waals surface area contributed by atoms with Gasteiger partial charge in [0.15, 0.2) is 11.6 Å². The maximum Gasteiger partial charge on any atom is 0.188 e. The fourth-order valence-corrected chi connectivity index (χ4v) is 1.92. The molecule has 2 aromatic carbocycles. The molecule has 0 aliphatic rings. The van der Waals surface area contributed by atoms with Crippen LogP contribution in [0.2, 0.25) is 10.0 Å². The van der Waals surface area contributed by atoms with Crippen LogP contribution in [0.4, 0.5) is 0 Å². The minimum atomic E-state index is -0.223. The van der Waals surface area contributed by atoms with Crippen molar-refractivity contribution in [1.82, 2.24) is 0 Å². The molecular formula is C18H12Cl2O3. The second-order valence-corrected chi connectivity index (χ2v) is 5.36. The third-order valence-corrected chi connectivity index (χ3v) is 3.36. The summed E-state index contributed by atoms with van der Waals surface area (Å²) in [6.07, 6.45) is 4.95. The van der Waals surface area contributed by atoms with Gasteiger partial charge in [0.2, 0.25) is 0 Å². The molecule has 3 nitrogen and oxygen atoms in total. The first-order valence-electron chi connectivity index (χ1n) is 6.64. The van der Waals surface area contributed by atoms with Gasteiger partial charge in [-0.1, -0.05) is 23.2 Å². The molecule has 0 bridgehead atoms. The normalized spacial score (nSPS) is 11.0. The highest BCUT2D eigenvalue weighted by molar-refractivity contribution is 6.31. The molecule has 0 saturated carbocycles. The number of carbonyl (C=O) groups is 2. The maximum absolute atomic E-state index is 11.8. The Labute approximate surface area is 143 Å². The highest BCUT2D eigenvalue weighted by atomic mass is 35.5. The third-order valence-electron chi connectivity index (χ3n) is 2.85. The van der Waals surface area contributed by atoms with E-state index in [1.807, 2.05) is 0 Å². The Kier molecular flexibility index (Phi) is 6.15. The van der Waals surface area contributed by atoms with E-state index in [4.69, 9.17) is 27.9 Å². The Balaban J connectivity index is 1.86. The quantitative estimate of drug-likeness (QED) is 0.415. The van der Waals surface area contributed by atoms with Crippen molar-refractivity contribution in [3.05, 3.63) is 94.4 Å². The van der Waals surface area contributed by atoms with Gasteiger partial charge in [-0.3, -0.25) is 9.59 Å². The van der Waals surface area contributed by atoms with Crippen LogP contribution in [-0.2, 0) is 4.74 Å². The standard InChI is InChI=1S/C18H12Cl2O3/c19-15-5-1-13(2-6-15)17(21)9-11-23-12-10-18(22)14-3-7-16(20)8-4-14/h1-12H/b11-9+,12-10+. The zero-order valence-electron chi connectivity index (χ0n) is 11.9. The van der Waals surface area contributed by atoms with Gasteiger partial charge in [-0.15, -0.1) is 0 Å². The number of benzene rings is 2. The van der Waals surface area contributed by atoms with Crippen LogP contribution in [0.5, 0.6) is 0 Å². The van der Waals surface area contributed by atoms with Gasteiger partial charge in [0.25, 0.3) is 0 Å². The molecular weight excluding hydrogens is 335 g/mol. The first-order chi connectivity index (χ1) is 11.1. The molecule has 5 heteroatoms. The van der Waals surface area contributed by atoms with E-state index in [-0.39, 0.29) is 11.6 Å². The van der Waals surface area contributed by atoms with E-state index >= 15 is 0 Å². The summed E-state index contributed by atoms with van der Waals surface area (Å²) in [5, 5.41) is 1.12. The molecule has 0 amide bonds. The molecule has 0 aliphatic heterocycles. The zero-order valence-corrected chi connectivity index (χ0v) is 13.4. The van der Waals surface area contributed by atoms with E-state index in [2.05, 4.69) is 0 Å². The van der Waals surface area contributed by atoms with Crippen molar-refractivity contribution in [2.75, 3.05) is 0 Å². The van der Waals surface area contributed by atoms with Crippen LogP contribution in [0.3, 0.4) is 0 Å². The van der Waals surface area contributed by atoms with Crippen LogP contribution in [-0.4, -0.2) is 11.6 Å². The molecule has 0 spiro atoms. The monoisotopic (exact) mass is 346 g/mol. The fraction of sp³-hybridized carbons (Fsp3) is 0. The van der Waals surface area contributed by atoms with Crippen molar-refractivity contribution in [3.63, 3.8) is 0 Å². The fourth-order valence-electron chi connectivity index (χ4n) is 1.67. The molecule has 0 heterocycles. The van der Waals surface area contributed by atoms with Crippen LogP contribution in [0.15, 0.2) is 73.2 Å². The number of carbonyl (C=O) groups excluding carboxylic acids is 2. The van der Waals surface area contributed by atoms with E-state index < -0.39 is 0 Å². The Bertz CT molecular complexity index is 679. The minimum Gasteiger partial charge on any atom is -0.472 e. The number of allylic oxidation sites excluding steroid dienone is 2. The van der Waals surface area contributed by atoms with Crippen molar-refractivity contribution >= 4 is 34.8 Å². The van der Waals surface area contributed by atoms with Gasteiger partial charge in [-0.05, 0) is 48.5 Å². The molecule has 0 radical (unpaired) electrons. The lowest BCUT2D eigenvalue weighted by Gasteiger charge is -1.96. The number of hydrogen-bond donors (Lipinski definition) is 0. The number of ketones is 2. The van der Waals surface area contributed by atoms with Crippen molar-refractivity contribution in [2.45, 2.75) is 0 Å². The van der Waals surface area contributed by atoms with Crippen LogP contribution >= 0.6 is 23.2 Å². The van der Waals surface area contributed by atoms with Crippen molar-refractivity contribution in [1.29, 1.82) is 0 Å². The highest BCUT2D eigenvalue weighted by Gasteiger charge is 2.02. The average Bonchev–Trinajstić information content (AvgIpc) is 2.55. The Hall–Kier alpha value is -2.36. The summed E-state index contributed by atoms with van der Waals surface area (Å²) < 4.78 is 5.01. The molecule has 0 atom stereocenters. The van der Waals surface area contributed by atoms with Gasteiger partial charge in [0.05, 0.1) is 12.5 Å². The molecule has 116 valence electrons. The predicted octanol–water partition coefficient (Wildman–Crippen LogP) is 5.10. The Morgan fingerprint density at radius 3 is 1.39 bits per heavy atom. The lowest BCUT2D eigenvalue weighted by Crippen LogP contribution is -1.94. The molecule has 0 unspecified atom stereocenters. The summed E-state index contributed by atoms with van der Waals surface area (Å²) in [5.41, 5.74) is 0.992. The van der Waals surface area contributed by atoms with Gasteiger partial charge >= 0.3 is 0 Å². The predicted molar refractivity (Wildman–Crippen MR) is 90.9 cm³/mol. The number of halogens is 2. The summed E-state index contributed by atoms with van der Waals surface area (Å²) in [6, 6.07) is 13.0. The summed E-state index contributed by atoms with van der Waals surface area (Å²) in [6.45, 7) is 0. The topological polar surface area (TPSA) is 43.4 Å². The molecule has 23 heavy (non-hydrogen) atoms. The van der Waals surface area contributed by atoms with Gasteiger partial charge in [0, 0.05) is 33.3 Å².